The second-order valence-corrected chi connectivity index (χ2v) is 20.7. The first kappa shape index (κ1) is 38.3. The van der Waals surface area contributed by atoms with Crippen molar-refractivity contribution in [3.8, 4) is 44.8 Å². The van der Waals surface area contributed by atoms with Crippen LogP contribution in [0.1, 0.15) is 46.1 Å². The van der Waals surface area contributed by atoms with Crippen molar-refractivity contribution < 1.29 is 25.9 Å². The Hall–Kier alpha value is -4.93. The zero-order valence-electron chi connectivity index (χ0n) is 33.7. The summed E-state index contributed by atoms with van der Waals surface area (Å²) in [5.41, 5.74) is 12.5. The standard InChI is InChI=1S/C27H22NO.C23H26NSi.Ir/c1-18(2)15-19-13-14-28-25(16-19)24-10-6-9-23-22-12-11-21(17-26(22)29-27(23)24)20-7-4-3-5-8-20;1-17(2)21-15-22(24-16-23(21)25(3,4)5)20-13-9-12-19(14-20)18-10-7-6-8-11-18;/h3-9,11-14,16-18H,15H2,1-2H3;6-12,14-17H,1-5H3;/q2*-1;/i;17D;. The Balaban J connectivity index is 0.000000188. The second-order valence-electron chi connectivity index (χ2n) is 15.6. The first-order valence-corrected chi connectivity index (χ1v) is 22.3. The molecule has 279 valence electrons. The molecule has 0 spiro atoms. The number of aromatic nitrogens is 2. The molecule has 5 heteroatoms. The molecule has 8 aromatic rings. The molecule has 3 heterocycles. The second kappa shape index (κ2) is 17.2. The molecule has 0 saturated heterocycles. The predicted octanol–water partition coefficient (Wildman–Crippen LogP) is 13.2. The van der Waals surface area contributed by atoms with E-state index in [1.807, 2.05) is 62.6 Å². The number of nitrogens with zero attached hydrogens (tertiary/aromatic N) is 2. The van der Waals surface area contributed by atoms with Gasteiger partial charge in [-0.25, -0.2) is 0 Å². The fourth-order valence-corrected chi connectivity index (χ4v) is 8.57. The molecular formula is C50H48IrN2OSi-2. The largest absolute Gasteiger partial charge is 0.501 e. The van der Waals surface area contributed by atoms with Gasteiger partial charge in [-0.1, -0.05) is 154 Å². The van der Waals surface area contributed by atoms with Crippen molar-refractivity contribution in [1.82, 2.24) is 9.97 Å². The maximum atomic E-state index is 8.61. The predicted molar refractivity (Wildman–Crippen MR) is 231 cm³/mol. The van der Waals surface area contributed by atoms with Gasteiger partial charge in [-0.15, -0.1) is 53.6 Å². The fraction of sp³-hybridized carbons (Fsp3) is 0.200. The molecule has 0 bridgehead atoms. The summed E-state index contributed by atoms with van der Waals surface area (Å²) in [7, 11) is -1.57. The van der Waals surface area contributed by atoms with Crippen molar-refractivity contribution >= 4 is 35.2 Å². The molecule has 0 fully saturated rings. The van der Waals surface area contributed by atoms with Crippen LogP contribution in [0.2, 0.25) is 19.6 Å². The summed E-state index contributed by atoms with van der Waals surface area (Å²) in [6.07, 6.45) is 4.91. The Morgan fingerprint density at radius 2 is 1.35 bits per heavy atom. The van der Waals surface area contributed by atoms with Crippen molar-refractivity contribution in [3.63, 3.8) is 0 Å². The molecule has 0 atom stereocenters. The van der Waals surface area contributed by atoms with Gasteiger partial charge in [-0.05, 0) is 63.6 Å². The van der Waals surface area contributed by atoms with Gasteiger partial charge in [0, 0.05) is 39.3 Å². The van der Waals surface area contributed by atoms with Gasteiger partial charge in [0.05, 0.1) is 13.7 Å². The van der Waals surface area contributed by atoms with Crippen LogP contribution in [0.3, 0.4) is 0 Å². The number of fused-ring (bicyclic) bond motifs is 3. The van der Waals surface area contributed by atoms with Gasteiger partial charge in [0.25, 0.3) is 0 Å². The molecule has 0 unspecified atom stereocenters. The summed E-state index contributed by atoms with van der Waals surface area (Å²) in [6, 6.07) is 50.4. The van der Waals surface area contributed by atoms with Gasteiger partial charge < -0.3 is 14.4 Å². The Morgan fingerprint density at radius 3 is 2.00 bits per heavy atom. The van der Waals surface area contributed by atoms with Crippen LogP contribution in [0.4, 0.5) is 0 Å². The van der Waals surface area contributed by atoms with Crippen LogP contribution in [-0.4, -0.2) is 18.0 Å². The quantitative estimate of drug-likeness (QED) is 0.113. The topological polar surface area (TPSA) is 38.9 Å². The SMILES string of the molecule is CC(C)Cc1ccnc(-c2[c-]ccc3c2oc2cc(-c4ccccc4)ccc23)c1.[2H]C(C)(C)c1cc(-c2[c-]ccc(-c3ccccc3)c2)ncc1[Si](C)(C)C.[Ir]. The minimum atomic E-state index is -1.57. The number of benzene rings is 5. The number of hydrogen-bond donors (Lipinski definition) is 0. The van der Waals surface area contributed by atoms with Crippen molar-refractivity contribution in [1.29, 1.82) is 0 Å². The van der Waals surface area contributed by atoms with Gasteiger partial charge in [-0.3, -0.25) is 0 Å². The van der Waals surface area contributed by atoms with Gasteiger partial charge in [0.15, 0.2) is 0 Å². The minimum absolute atomic E-state index is 0. The van der Waals surface area contributed by atoms with Crippen LogP contribution in [0.25, 0.3) is 66.7 Å². The Morgan fingerprint density at radius 1 is 0.673 bits per heavy atom. The molecule has 0 aliphatic heterocycles. The molecule has 1 radical (unpaired) electrons. The summed E-state index contributed by atoms with van der Waals surface area (Å²) in [6.45, 7) is 15.3. The monoisotopic (exact) mass is 914 g/mol. The van der Waals surface area contributed by atoms with E-state index < -0.39 is 14.0 Å². The average molecular weight is 914 g/mol. The number of furan rings is 1. The van der Waals surface area contributed by atoms with E-state index in [0.29, 0.717) is 5.92 Å². The first-order valence-electron chi connectivity index (χ1n) is 19.3. The maximum Gasteiger partial charge on any atom is 0.121 e. The Kier molecular flexibility index (Phi) is 12.0. The van der Waals surface area contributed by atoms with Gasteiger partial charge in [-0.2, -0.15) is 0 Å². The minimum Gasteiger partial charge on any atom is -0.501 e. The van der Waals surface area contributed by atoms with Gasteiger partial charge in [0.2, 0.25) is 0 Å². The normalized spacial score (nSPS) is 11.9. The van der Waals surface area contributed by atoms with E-state index in [1.54, 1.807) is 0 Å². The molecule has 0 aliphatic rings. The van der Waals surface area contributed by atoms with Crippen molar-refractivity contribution in [2.45, 2.75) is 59.7 Å². The molecule has 0 saturated carbocycles. The summed E-state index contributed by atoms with van der Waals surface area (Å²) < 4.78 is 15.0. The number of pyridine rings is 2. The average Bonchev–Trinajstić information content (AvgIpc) is 3.56. The molecule has 3 aromatic heterocycles. The van der Waals surface area contributed by atoms with E-state index in [9.17, 15) is 0 Å². The van der Waals surface area contributed by atoms with Gasteiger partial charge in [0.1, 0.15) is 5.58 Å². The van der Waals surface area contributed by atoms with Crippen molar-refractivity contribution in [2.24, 2.45) is 5.92 Å². The summed E-state index contributed by atoms with van der Waals surface area (Å²) in [5, 5.41) is 3.48. The van der Waals surface area contributed by atoms with E-state index >= 15 is 0 Å². The number of rotatable bonds is 8. The molecular weight excluding hydrogens is 865 g/mol. The third-order valence-electron chi connectivity index (χ3n) is 9.70. The Bertz CT molecular complexity index is 2570. The third-order valence-corrected chi connectivity index (χ3v) is 11.7. The summed E-state index contributed by atoms with van der Waals surface area (Å²) in [4.78, 5) is 9.36. The number of hydrogen-bond acceptors (Lipinski definition) is 3. The van der Waals surface area contributed by atoms with Crippen LogP contribution < -0.4 is 5.19 Å². The van der Waals surface area contributed by atoms with E-state index in [4.69, 9.17) is 10.8 Å². The zero-order chi connectivity index (χ0) is 38.7. The van der Waals surface area contributed by atoms with E-state index in [-0.39, 0.29) is 20.1 Å². The molecule has 0 amide bonds. The molecule has 8 rings (SSSR count). The molecule has 0 N–H and O–H groups in total. The van der Waals surface area contributed by atoms with Crippen LogP contribution in [0.5, 0.6) is 0 Å². The van der Waals surface area contributed by atoms with Crippen LogP contribution >= 0.6 is 0 Å². The zero-order valence-corrected chi connectivity index (χ0v) is 36.1. The van der Waals surface area contributed by atoms with E-state index in [0.717, 1.165) is 67.6 Å². The molecule has 0 aliphatic carbocycles. The third kappa shape index (κ3) is 9.14. The molecule has 5 aromatic carbocycles. The van der Waals surface area contributed by atoms with E-state index in [1.165, 1.54) is 21.9 Å². The fourth-order valence-electron chi connectivity index (χ4n) is 6.99. The van der Waals surface area contributed by atoms with Crippen molar-refractivity contribution in [3.05, 3.63) is 163 Å². The van der Waals surface area contributed by atoms with Crippen LogP contribution in [-0.2, 0) is 26.5 Å². The van der Waals surface area contributed by atoms with Crippen molar-refractivity contribution in [2.75, 3.05) is 0 Å². The maximum absolute atomic E-state index is 8.61. The van der Waals surface area contributed by atoms with Crippen LogP contribution in [0.15, 0.2) is 144 Å². The Labute approximate surface area is 342 Å². The summed E-state index contributed by atoms with van der Waals surface area (Å²) >= 11 is 0. The molecule has 3 nitrogen and oxygen atoms in total. The van der Waals surface area contributed by atoms with E-state index in [2.05, 4.69) is 142 Å². The van der Waals surface area contributed by atoms with Crippen LogP contribution in [0, 0.1) is 18.1 Å². The smallest absolute Gasteiger partial charge is 0.121 e. The van der Waals surface area contributed by atoms with Gasteiger partial charge >= 0.3 is 0 Å². The summed E-state index contributed by atoms with van der Waals surface area (Å²) in [5.74, 6) is -0.0442. The first-order chi connectivity index (χ1) is 26.3. The molecule has 55 heavy (non-hydrogen) atoms.